The zero-order valence-electron chi connectivity index (χ0n) is 17.8. The number of fused-ring (bicyclic) bond motifs is 1. The Morgan fingerprint density at radius 2 is 2.03 bits per heavy atom. The summed E-state index contributed by atoms with van der Waals surface area (Å²) in [6.45, 7) is 10.2. The van der Waals surface area contributed by atoms with E-state index in [1.807, 2.05) is 25.4 Å². The minimum Gasteiger partial charge on any atom is -0.372 e. The third-order valence-electron chi connectivity index (χ3n) is 5.25. The van der Waals surface area contributed by atoms with E-state index in [1.54, 1.807) is 6.33 Å². The number of rotatable bonds is 5. The van der Waals surface area contributed by atoms with Crippen LogP contribution in [0.5, 0.6) is 0 Å². The van der Waals surface area contributed by atoms with Gasteiger partial charge in [0.1, 0.15) is 18.0 Å². The molecule has 7 heteroatoms. The Balaban J connectivity index is 1.70. The second kappa shape index (κ2) is 8.49. The summed E-state index contributed by atoms with van der Waals surface area (Å²) in [5.41, 5.74) is 5.08. The van der Waals surface area contributed by atoms with Gasteiger partial charge < -0.3 is 15.1 Å². The molecule has 0 aromatic carbocycles. The summed E-state index contributed by atoms with van der Waals surface area (Å²) < 4.78 is 0. The van der Waals surface area contributed by atoms with Crippen LogP contribution >= 0.6 is 0 Å². The van der Waals surface area contributed by atoms with E-state index in [-0.39, 0.29) is 0 Å². The van der Waals surface area contributed by atoms with Gasteiger partial charge in [0.05, 0.1) is 11.4 Å². The molecule has 0 bridgehead atoms. The highest BCUT2D eigenvalue weighted by Crippen LogP contribution is 2.34. The van der Waals surface area contributed by atoms with Crippen LogP contribution in [0.25, 0.3) is 11.3 Å². The van der Waals surface area contributed by atoms with Gasteiger partial charge in [0.15, 0.2) is 5.82 Å². The van der Waals surface area contributed by atoms with Crippen molar-refractivity contribution in [3.05, 3.63) is 66.6 Å². The van der Waals surface area contributed by atoms with Crippen LogP contribution in [0.4, 0.5) is 17.3 Å². The first-order valence-corrected chi connectivity index (χ1v) is 10.2. The fourth-order valence-electron chi connectivity index (χ4n) is 3.62. The summed E-state index contributed by atoms with van der Waals surface area (Å²) in [5, 5.41) is 3.35. The molecular weight excluding hydrogens is 374 g/mol. The van der Waals surface area contributed by atoms with Gasteiger partial charge in [0, 0.05) is 49.9 Å². The number of hydrogen-bond acceptors (Lipinski definition) is 7. The normalized spacial score (nSPS) is 13.6. The Morgan fingerprint density at radius 3 is 2.83 bits per heavy atom. The molecule has 4 rings (SSSR count). The van der Waals surface area contributed by atoms with Crippen LogP contribution in [0.2, 0.25) is 0 Å². The van der Waals surface area contributed by atoms with E-state index in [0.717, 1.165) is 71.6 Å². The van der Waals surface area contributed by atoms with E-state index in [2.05, 4.69) is 68.8 Å². The van der Waals surface area contributed by atoms with Crippen molar-refractivity contribution in [1.82, 2.24) is 19.9 Å². The van der Waals surface area contributed by atoms with E-state index in [1.165, 1.54) is 0 Å². The molecule has 0 spiro atoms. The third-order valence-corrected chi connectivity index (χ3v) is 5.25. The van der Waals surface area contributed by atoms with Crippen LogP contribution in [-0.2, 0) is 6.42 Å². The molecule has 1 aliphatic rings. The highest BCUT2D eigenvalue weighted by molar-refractivity contribution is 5.75. The third kappa shape index (κ3) is 4.10. The maximum absolute atomic E-state index is 5.02. The summed E-state index contributed by atoms with van der Waals surface area (Å²) in [5.74, 6) is 2.38. The lowest BCUT2D eigenvalue weighted by atomic mass is 10.1. The standard InChI is InChI=1S/C23H27N7/c1-5-19-12-22(26-15-25-19)27-17(3)30-10-6-9-29(4)21-8-7-20(28-23(21)30)18-11-16(2)13-24-14-18/h7-8,11-15H,3,5-6,9-10H2,1-2,4H3,(H,25,26,27). The molecule has 30 heavy (non-hydrogen) atoms. The van der Waals surface area contributed by atoms with Gasteiger partial charge in [-0.05, 0) is 43.5 Å². The molecule has 1 N–H and O–H groups in total. The fraction of sp³-hybridized carbons (Fsp3) is 0.304. The first kappa shape index (κ1) is 19.8. The van der Waals surface area contributed by atoms with E-state index in [0.29, 0.717) is 0 Å². The van der Waals surface area contributed by atoms with Crippen molar-refractivity contribution in [3.8, 4) is 11.3 Å². The van der Waals surface area contributed by atoms with Crippen LogP contribution in [-0.4, -0.2) is 40.1 Å². The van der Waals surface area contributed by atoms with E-state index in [4.69, 9.17) is 4.98 Å². The smallest absolute Gasteiger partial charge is 0.158 e. The van der Waals surface area contributed by atoms with Gasteiger partial charge in [-0.2, -0.15) is 0 Å². The number of nitrogens with zero attached hydrogens (tertiary/aromatic N) is 6. The van der Waals surface area contributed by atoms with Crippen molar-refractivity contribution in [2.45, 2.75) is 26.7 Å². The van der Waals surface area contributed by atoms with Gasteiger partial charge in [-0.25, -0.2) is 15.0 Å². The molecule has 0 atom stereocenters. The van der Waals surface area contributed by atoms with E-state index < -0.39 is 0 Å². The molecule has 0 saturated heterocycles. The summed E-state index contributed by atoms with van der Waals surface area (Å²) >= 11 is 0. The highest BCUT2D eigenvalue weighted by atomic mass is 15.3. The second-order valence-electron chi connectivity index (χ2n) is 7.54. The van der Waals surface area contributed by atoms with Crippen molar-refractivity contribution in [3.63, 3.8) is 0 Å². The van der Waals surface area contributed by atoms with Crippen molar-refractivity contribution < 1.29 is 0 Å². The molecule has 7 nitrogen and oxygen atoms in total. The number of pyridine rings is 2. The Bertz CT molecular complexity index is 1060. The zero-order chi connectivity index (χ0) is 21.1. The topological polar surface area (TPSA) is 70.1 Å². The van der Waals surface area contributed by atoms with Gasteiger partial charge in [-0.15, -0.1) is 0 Å². The Kier molecular flexibility index (Phi) is 5.61. The van der Waals surface area contributed by atoms with Crippen molar-refractivity contribution >= 4 is 17.3 Å². The number of hydrogen-bond donors (Lipinski definition) is 1. The molecule has 3 aromatic heterocycles. The number of anilines is 3. The lowest BCUT2D eigenvalue weighted by Gasteiger charge is -2.27. The molecule has 0 radical (unpaired) electrons. The SMILES string of the molecule is C=C(Nc1cc(CC)ncn1)N1CCCN(C)c2ccc(-c3cncc(C)c3)nc21. The molecule has 1 aliphatic heterocycles. The lowest BCUT2D eigenvalue weighted by molar-refractivity contribution is 0.789. The predicted molar refractivity (Wildman–Crippen MR) is 122 cm³/mol. The van der Waals surface area contributed by atoms with Crippen LogP contribution in [0, 0.1) is 6.92 Å². The molecule has 4 heterocycles. The summed E-state index contributed by atoms with van der Waals surface area (Å²) in [6, 6.07) is 8.25. The van der Waals surface area contributed by atoms with Gasteiger partial charge >= 0.3 is 0 Å². The minimum atomic E-state index is 0.741. The molecule has 3 aromatic rings. The average Bonchev–Trinajstić information content (AvgIpc) is 2.92. The van der Waals surface area contributed by atoms with Gasteiger partial charge in [0.25, 0.3) is 0 Å². The van der Waals surface area contributed by atoms with Gasteiger partial charge in [-0.3, -0.25) is 4.98 Å². The average molecular weight is 402 g/mol. The number of aromatic nitrogens is 4. The molecule has 154 valence electrons. The van der Waals surface area contributed by atoms with Crippen LogP contribution < -0.4 is 15.1 Å². The van der Waals surface area contributed by atoms with E-state index >= 15 is 0 Å². The number of nitrogens with one attached hydrogen (secondary N) is 1. The zero-order valence-corrected chi connectivity index (χ0v) is 17.8. The Labute approximate surface area is 177 Å². The molecule has 0 fully saturated rings. The largest absolute Gasteiger partial charge is 0.372 e. The summed E-state index contributed by atoms with van der Waals surface area (Å²) in [4.78, 5) is 22.3. The minimum absolute atomic E-state index is 0.741. The molecule has 0 aliphatic carbocycles. The second-order valence-corrected chi connectivity index (χ2v) is 7.54. The molecular formula is C23H27N7. The maximum Gasteiger partial charge on any atom is 0.158 e. The Morgan fingerprint density at radius 1 is 1.17 bits per heavy atom. The summed E-state index contributed by atoms with van der Waals surface area (Å²) in [6.07, 6.45) is 7.15. The van der Waals surface area contributed by atoms with Crippen LogP contribution in [0.1, 0.15) is 24.6 Å². The first-order valence-electron chi connectivity index (χ1n) is 10.2. The van der Waals surface area contributed by atoms with Crippen molar-refractivity contribution in [2.24, 2.45) is 0 Å². The lowest BCUT2D eigenvalue weighted by Crippen LogP contribution is -2.28. The van der Waals surface area contributed by atoms with E-state index in [9.17, 15) is 0 Å². The van der Waals surface area contributed by atoms with Crippen molar-refractivity contribution in [1.29, 1.82) is 0 Å². The monoisotopic (exact) mass is 401 g/mol. The summed E-state index contributed by atoms with van der Waals surface area (Å²) in [7, 11) is 2.10. The van der Waals surface area contributed by atoms with Crippen LogP contribution in [0.15, 0.2) is 55.4 Å². The first-order chi connectivity index (χ1) is 14.5. The molecule has 0 amide bonds. The highest BCUT2D eigenvalue weighted by Gasteiger charge is 2.23. The van der Waals surface area contributed by atoms with Crippen LogP contribution in [0.3, 0.4) is 0 Å². The van der Waals surface area contributed by atoms with Crippen molar-refractivity contribution in [2.75, 3.05) is 35.3 Å². The van der Waals surface area contributed by atoms with Gasteiger partial charge in [0.2, 0.25) is 0 Å². The Hall–Kier alpha value is -3.48. The predicted octanol–water partition coefficient (Wildman–Crippen LogP) is 4.03. The van der Waals surface area contributed by atoms with Gasteiger partial charge in [-0.1, -0.05) is 13.5 Å². The number of aryl methyl sites for hydroxylation is 2. The molecule has 0 saturated carbocycles. The fourth-order valence-corrected chi connectivity index (χ4v) is 3.62. The maximum atomic E-state index is 5.02. The quantitative estimate of drug-likeness (QED) is 0.692. The molecule has 0 unspecified atom stereocenters.